The number of fused-ring (bicyclic) bond motifs is 1. The summed E-state index contributed by atoms with van der Waals surface area (Å²) in [4.78, 5) is 20.6. The third-order valence-electron chi connectivity index (χ3n) is 3.76. The van der Waals surface area contributed by atoms with Crippen molar-refractivity contribution in [2.24, 2.45) is 0 Å². The molecule has 4 aromatic rings. The molecule has 2 aromatic carbocycles. The lowest BCUT2D eigenvalue weighted by Crippen LogP contribution is -2.20. The molecule has 0 aliphatic carbocycles. The molecule has 0 unspecified atom stereocenters. The van der Waals surface area contributed by atoms with Crippen LogP contribution in [-0.2, 0) is 4.79 Å². The number of carbonyl (C=O) groups excluding carboxylic acids is 1. The quantitative estimate of drug-likeness (QED) is 0.504. The van der Waals surface area contributed by atoms with E-state index in [9.17, 15) is 4.79 Å². The Morgan fingerprint density at radius 2 is 1.85 bits per heavy atom. The van der Waals surface area contributed by atoms with Gasteiger partial charge in [-0.05, 0) is 60.7 Å². The Kier molecular flexibility index (Phi) is 4.84. The summed E-state index contributed by atoms with van der Waals surface area (Å²) in [5.74, 6) is 0.880. The lowest BCUT2D eigenvalue weighted by atomic mass is 10.2. The van der Waals surface area contributed by atoms with E-state index in [2.05, 4.69) is 31.2 Å². The van der Waals surface area contributed by atoms with Crippen LogP contribution in [0.5, 0.6) is 5.75 Å². The molecule has 27 heavy (non-hydrogen) atoms. The summed E-state index contributed by atoms with van der Waals surface area (Å²) >= 11 is 3.35. The van der Waals surface area contributed by atoms with Gasteiger partial charge in [0, 0.05) is 21.9 Å². The van der Waals surface area contributed by atoms with Gasteiger partial charge in [0.2, 0.25) is 5.89 Å². The Hall–Kier alpha value is -3.19. The molecular weight excluding hydrogens is 410 g/mol. The summed E-state index contributed by atoms with van der Waals surface area (Å²) in [5, 5.41) is 2.79. The number of rotatable bonds is 5. The average Bonchev–Trinajstić information content (AvgIpc) is 3.12. The Morgan fingerprint density at radius 1 is 1.07 bits per heavy atom. The van der Waals surface area contributed by atoms with Crippen molar-refractivity contribution in [2.75, 3.05) is 11.9 Å². The average molecular weight is 424 g/mol. The van der Waals surface area contributed by atoms with Crippen molar-refractivity contribution < 1.29 is 13.9 Å². The smallest absolute Gasteiger partial charge is 0.262 e. The van der Waals surface area contributed by atoms with Crippen molar-refractivity contribution in [3.05, 3.63) is 71.3 Å². The number of ether oxygens (including phenoxy) is 1. The third kappa shape index (κ3) is 4.15. The molecule has 4 rings (SSSR count). The number of aromatic nitrogens is 2. The number of carbonyl (C=O) groups is 1. The zero-order valence-corrected chi connectivity index (χ0v) is 15.6. The highest BCUT2D eigenvalue weighted by Gasteiger charge is 2.09. The van der Waals surface area contributed by atoms with E-state index >= 15 is 0 Å². The summed E-state index contributed by atoms with van der Waals surface area (Å²) in [6.45, 7) is -0.0693. The molecule has 1 N–H and O–H groups in total. The molecule has 0 spiro atoms. The summed E-state index contributed by atoms with van der Waals surface area (Å²) in [5.41, 5.74) is 2.67. The van der Waals surface area contributed by atoms with Gasteiger partial charge < -0.3 is 14.5 Å². The number of nitrogens with zero attached hydrogens (tertiary/aromatic N) is 2. The fourth-order valence-electron chi connectivity index (χ4n) is 2.47. The van der Waals surface area contributed by atoms with Crippen LogP contribution >= 0.6 is 15.9 Å². The Balaban J connectivity index is 1.38. The van der Waals surface area contributed by atoms with Crippen LogP contribution in [-0.4, -0.2) is 22.5 Å². The van der Waals surface area contributed by atoms with Gasteiger partial charge in [-0.1, -0.05) is 15.9 Å². The highest BCUT2D eigenvalue weighted by atomic mass is 79.9. The van der Waals surface area contributed by atoms with E-state index in [1.807, 2.05) is 30.3 Å². The van der Waals surface area contributed by atoms with E-state index in [0.717, 1.165) is 10.0 Å². The largest absolute Gasteiger partial charge is 0.484 e. The molecule has 2 aromatic heterocycles. The van der Waals surface area contributed by atoms with Crippen molar-refractivity contribution in [3.63, 3.8) is 0 Å². The van der Waals surface area contributed by atoms with Gasteiger partial charge in [0.25, 0.3) is 5.91 Å². The molecule has 0 saturated carbocycles. The van der Waals surface area contributed by atoms with E-state index in [0.29, 0.717) is 28.6 Å². The van der Waals surface area contributed by atoms with Crippen LogP contribution in [0.2, 0.25) is 0 Å². The number of benzene rings is 2. The molecule has 0 aliphatic heterocycles. The molecular formula is C20H14BrN3O3. The maximum atomic E-state index is 12.0. The first-order valence-electron chi connectivity index (χ1n) is 8.17. The van der Waals surface area contributed by atoms with Crippen LogP contribution in [0, 0.1) is 0 Å². The first kappa shape index (κ1) is 17.2. The summed E-state index contributed by atoms with van der Waals surface area (Å²) in [7, 11) is 0. The number of hydrogen-bond acceptors (Lipinski definition) is 5. The predicted molar refractivity (Wildman–Crippen MR) is 106 cm³/mol. The fraction of sp³-hybridized carbons (Fsp3) is 0.0500. The van der Waals surface area contributed by atoms with Crippen molar-refractivity contribution in [1.82, 2.24) is 9.97 Å². The Labute approximate surface area is 163 Å². The molecule has 134 valence electrons. The number of pyridine rings is 1. The summed E-state index contributed by atoms with van der Waals surface area (Å²) in [6.07, 6.45) is 1.67. The minimum Gasteiger partial charge on any atom is -0.484 e. The minimum absolute atomic E-state index is 0.0693. The van der Waals surface area contributed by atoms with Gasteiger partial charge in [-0.25, -0.2) is 4.98 Å². The number of nitrogens with one attached hydrogen (secondary N) is 1. The van der Waals surface area contributed by atoms with Gasteiger partial charge in [0.1, 0.15) is 5.75 Å². The fourth-order valence-corrected chi connectivity index (χ4v) is 2.73. The van der Waals surface area contributed by atoms with Crippen molar-refractivity contribution in [2.45, 2.75) is 0 Å². The van der Waals surface area contributed by atoms with Gasteiger partial charge in [-0.15, -0.1) is 0 Å². The van der Waals surface area contributed by atoms with Crippen LogP contribution in [0.4, 0.5) is 5.69 Å². The normalized spacial score (nSPS) is 10.7. The number of hydrogen-bond donors (Lipinski definition) is 1. The summed E-state index contributed by atoms with van der Waals surface area (Å²) < 4.78 is 12.1. The van der Waals surface area contributed by atoms with E-state index in [1.54, 1.807) is 36.5 Å². The van der Waals surface area contributed by atoms with E-state index in [4.69, 9.17) is 9.15 Å². The van der Waals surface area contributed by atoms with Crippen molar-refractivity contribution >= 4 is 38.8 Å². The summed E-state index contributed by atoms with van der Waals surface area (Å²) in [6, 6.07) is 18.1. The molecule has 7 heteroatoms. The van der Waals surface area contributed by atoms with E-state index < -0.39 is 0 Å². The molecule has 0 fully saturated rings. The van der Waals surface area contributed by atoms with Crippen LogP contribution in [0.1, 0.15) is 0 Å². The number of amides is 1. The molecule has 0 radical (unpaired) electrons. The topological polar surface area (TPSA) is 77.2 Å². The molecule has 0 aliphatic rings. The van der Waals surface area contributed by atoms with Crippen LogP contribution in [0.25, 0.3) is 22.7 Å². The maximum Gasteiger partial charge on any atom is 0.262 e. The second-order valence-electron chi connectivity index (χ2n) is 5.71. The van der Waals surface area contributed by atoms with Gasteiger partial charge >= 0.3 is 0 Å². The monoisotopic (exact) mass is 423 g/mol. The lowest BCUT2D eigenvalue weighted by molar-refractivity contribution is -0.118. The van der Waals surface area contributed by atoms with Gasteiger partial charge in [-0.2, -0.15) is 4.98 Å². The maximum absolute atomic E-state index is 12.0. The zero-order valence-electron chi connectivity index (χ0n) is 14.1. The van der Waals surface area contributed by atoms with Crippen LogP contribution in [0.15, 0.2) is 75.8 Å². The minimum atomic E-state index is -0.239. The van der Waals surface area contributed by atoms with E-state index in [-0.39, 0.29) is 12.5 Å². The predicted octanol–water partition coefficient (Wildman–Crippen LogP) is 4.67. The first-order chi connectivity index (χ1) is 13.2. The zero-order chi connectivity index (χ0) is 18.6. The molecule has 2 heterocycles. The highest BCUT2D eigenvalue weighted by molar-refractivity contribution is 9.10. The number of halogens is 1. The molecule has 0 saturated heterocycles. The molecule has 0 bridgehead atoms. The SMILES string of the molecule is O=C(COc1ccc(Br)cc1)Nc1ccc(-c2nc3ncccc3o2)cc1. The third-order valence-corrected chi connectivity index (χ3v) is 4.29. The van der Waals surface area contributed by atoms with Gasteiger partial charge in [0.05, 0.1) is 0 Å². The number of oxazole rings is 1. The van der Waals surface area contributed by atoms with Crippen molar-refractivity contribution in [3.8, 4) is 17.2 Å². The Morgan fingerprint density at radius 3 is 2.59 bits per heavy atom. The first-order valence-corrected chi connectivity index (χ1v) is 8.97. The molecule has 1 amide bonds. The number of anilines is 1. The Bertz CT molecular complexity index is 1040. The lowest BCUT2D eigenvalue weighted by Gasteiger charge is -2.08. The van der Waals surface area contributed by atoms with Crippen LogP contribution in [0.3, 0.4) is 0 Å². The second-order valence-corrected chi connectivity index (χ2v) is 6.63. The standard InChI is InChI=1S/C20H14BrN3O3/c21-14-5-9-16(10-6-14)26-12-18(25)23-15-7-3-13(4-8-15)20-24-19-17(27-20)2-1-11-22-19/h1-11H,12H2,(H,23,25). The molecule has 6 nitrogen and oxygen atoms in total. The van der Waals surface area contributed by atoms with Crippen LogP contribution < -0.4 is 10.1 Å². The molecule has 0 atom stereocenters. The second kappa shape index (κ2) is 7.59. The van der Waals surface area contributed by atoms with E-state index in [1.165, 1.54) is 0 Å². The van der Waals surface area contributed by atoms with Crippen molar-refractivity contribution in [1.29, 1.82) is 0 Å². The van der Waals surface area contributed by atoms with Gasteiger partial charge in [-0.3, -0.25) is 4.79 Å². The van der Waals surface area contributed by atoms with Gasteiger partial charge in [0.15, 0.2) is 17.8 Å². The highest BCUT2D eigenvalue weighted by Crippen LogP contribution is 2.24.